The van der Waals surface area contributed by atoms with E-state index in [0.717, 1.165) is 12.1 Å². The lowest BCUT2D eigenvalue weighted by atomic mass is 10.00. The number of rotatable bonds is 1. The molecular weight excluding hydrogens is 246 g/mol. The highest BCUT2D eigenvalue weighted by Gasteiger charge is 2.33. The first-order valence-electron chi connectivity index (χ1n) is 5.11. The van der Waals surface area contributed by atoms with Gasteiger partial charge in [0, 0.05) is 5.56 Å². The van der Waals surface area contributed by atoms with Gasteiger partial charge < -0.3 is 5.73 Å². The summed E-state index contributed by atoms with van der Waals surface area (Å²) < 4.78 is 51.1. The van der Waals surface area contributed by atoms with E-state index in [1.165, 1.54) is 30.3 Å². The van der Waals surface area contributed by atoms with Gasteiger partial charge in [-0.15, -0.1) is 0 Å². The normalized spacial score (nSPS) is 11.6. The zero-order valence-corrected chi connectivity index (χ0v) is 9.13. The monoisotopic (exact) mass is 255 g/mol. The van der Waals surface area contributed by atoms with Crippen molar-refractivity contribution in [2.75, 3.05) is 5.73 Å². The van der Waals surface area contributed by atoms with Crippen LogP contribution in [0.3, 0.4) is 0 Å². The van der Waals surface area contributed by atoms with Crippen LogP contribution in [0.4, 0.5) is 23.2 Å². The Bertz CT molecular complexity index is 575. The van der Waals surface area contributed by atoms with Gasteiger partial charge in [0.15, 0.2) is 0 Å². The smallest absolute Gasteiger partial charge is 0.398 e. The highest BCUT2D eigenvalue weighted by molar-refractivity contribution is 5.78. The molecule has 0 aromatic heterocycles. The van der Waals surface area contributed by atoms with Crippen LogP contribution in [-0.2, 0) is 6.18 Å². The number of nitrogens with two attached hydrogens (primary N) is 1. The summed E-state index contributed by atoms with van der Waals surface area (Å²) in [4.78, 5) is 0. The van der Waals surface area contributed by atoms with Crippen LogP contribution in [0.1, 0.15) is 5.56 Å². The second-order valence-corrected chi connectivity index (χ2v) is 3.77. The molecule has 0 heterocycles. The van der Waals surface area contributed by atoms with Crippen molar-refractivity contribution in [3.63, 3.8) is 0 Å². The summed E-state index contributed by atoms with van der Waals surface area (Å²) in [7, 11) is 0. The number of para-hydroxylation sites is 1. The van der Waals surface area contributed by atoms with Gasteiger partial charge in [-0.2, -0.15) is 13.2 Å². The fourth-order valence-electron chi connectivity index (χ4n) is 1.72. The molecule has 2 rings (SSSR count). The van der Waals surface area contributed by atoms with Crippen molar-refractivity contribution >= 4 is 5.69 Å². The molecule has 2 aromatic carbocycles. The maximum Gasteiger partial charge on any atom is 0.418 e. The number of hydrogen-bond donors (Lipinski definition) is 1. The Kier molecular flexibility index (Phi) is 2.98. The predicted molar refractivity (Wildman–Crippen MR) is 61.3 cm³/mol. The molecule has 0 aliphatic carbocycles. The van der Waals surface area contributed by atoms with E-state index in [1.807, 2.05) is 0 Å². The van der Waals surface area contributed by atoms with Crippen molar-refractivity contribution in [1.82, 2.24) is 0 Å². The molecule has 18 heavy (non-hydrogen) atoms. The van der Waals surface area contributed by atoms with Crippen LogP contribution in [0.15, 0.2) is 42.5 Å². The second kappa shape index (κ2) is 4.33. The van der Waals surface area contributed by atoms with Crippen molar-refractivity contribution in [1.29, 1.82) is 0 Å². The number of hydrogen-bond acceptors (Lipinski definition) is 1. The topological polar surface area (TPSA) is 26.0 Å². The van der Waals surface area contributed by atoms with Crippen LogP contribution in [0.2, 0.25) is 0 Å². The Balaban J connectivity index is 2.60. The molecule has 0 spiro atoms. The molecule has 2 N–H and O–H groups in total. The average molecular weight is 255 g/mol. The van der Waals surface area contributed by atoms with Gasteiger partial charge in [-0.05, 0) is 23.8 Å². The van der Waals surface area contributed by atoms with E-state index < -0.39 is 23.2 Å². The van der Waals surface area contributed by atoms with E-state index >= 15 is 0 Å². The zero-order valence-electron chi connectivity index (χ0n) is 9.13. The molecule has 0 radical (unpaired) electrons. The molecule has 0 atom stereocenters. The third kappa shape index (κ3) is 2.30. The van der Waals surface area contributed by atoms with Crippen LogP contribution < -0.4 is 5.73 Å². The molecule has 5 heteroatoms. The SMILES string of the molecule is Nc1c(-c2cccc(F)c2)cccc1C(F)(F)F. The Hall–Kier alpha value is -2.04. The van der Waals surface area contributed by atoms with E-state index in [1.54, 1.807) is 0 Å². The van der Waals surface area contributed by atoms with Crippen molar-refractivity contribution < 1.29 is 17.6 Å². The van der Waals surface area contributed by atoms with E-state index in [-0.39, 0.29) is 5.56 Å². The number of nitrogen functional groups attached to an aromatic ring is 1. The molecule has 1 nitrogen and oxygen atoms in total. The summed E-state index contributed by atoms with van der Waals surface area (Å²) in [6, 6.07) is 8.87. The van der Waals surface area contributed by atoms with Gasteiger partial charge in [0.2, 0.25) is 0 Å². The molecule has 94 valence electrons. The molecule has 2 aromatic rings. The minimum absolute atomic E-state index is 0.171. The Labute approximate surface area is 101 Å². The van der Waals surface area contributed by atoms with Gasteiger partial charge in [0.05, 0.1) is 11.3 Å². The van der Waals surface area contributed by atoms with Crippen molar-refractivity contribution in [2.45, 2.75) is 6.18 Å². The largest absolute Gasteiger partial charge is 0.418 e. The third-order valence-corrected chi connectivity index (χ3v) is 2.55. The molecule has 0 bridgehead atoms. The summed E-state index contributed by atoms with van der Waals surface area (Å²) in [5.41, 5.74) is 4.69. The van der Waals surface area contributed by atoms with Crippen LogP contribution in [-0.4, -0.2) is 0 Å². The maximum atomic E-state index is 13.1. The molecule has 0 aliphatic heterocycles. The zero-order chi connectivity index (χ0) is 13.3. The van der Waals surface area contributed by atoms with Crippen LogP contribution in [0.25, 0.3) is 11.1 Å². The van der Waals surface area contributed by atoms with Crippen molar-refractivity contribution in [2.24, 2.45) is 0 Å². The van der Waals surface area contributed by atoms with Gasteiger partial charge in [0.25, 0.3) is 0 Å². The lowest BCUT2D eigenvalue weighted by molar-refractivity contribution is -0.136. The summed E-state index contributed by atoms with van der Waals surface area (Å²) in [6.07, 6.45) is -4.52. The van der Waals surface area contributed by atoms with E-state index in [2.05, 4.69) is 0 Å². The number of halogens is 4. The standard InChI is InChI=1S/C13H9F4N/c14-9-4-1-3-8(7-9)10-5-2-6-11(12(10)18)13(15,16)17/h1-7H,18H2. The molecule has 0 saturated carbocycles. The van der Waals surface area contributed by atoms with Crippen molar-refractivity contribution in [3.05, 3.63) is 53.8 Å². The molecular formula is C13H9F4N. The minimum Gasteiger partial charge on any atom is -0.398 e. The van der Waals surface area contributed by atoms with Crippen LogP contribution in [0.5, 0.6) is 0 Å². The lowest BCUT2D eigenvalue weighted by Crippen LogP contribution is -2.09. The van der Waals surface area contributed by atoms with Gasteiger partial charge in [-0.3, -0.25) is 0 Å². The summed E-state index contributed by atoms with van der Waals surface area (Å²) in [5.74, 6) is -0.524. The third-order valence-electron chi connectivity index (χ3n) is 2.55. The molecule has 0 saturated heterocycles. The quantitative estimate of drug-likeness (QED) is 0.602. The number of benzene rings is 2. The molecule has 0 fully saturated rings. The highest BCUT2D eigenvalue weighted by Crippen LogP contribution is 2.38. The van der Waals surface area contributed by atoms with Crippen LogP contribution >= 0.6 is 0 Å². The van der Waals surface area contributed by atoms with Gasteiger partial charge >= 0.3 is 6.18 Å². The molecule has 0 amide bonds. The molecule has 0 aliphatic rings. The first-order chi connectivity index (χ1) is 8.39. The first kappa shape index (κ1) is 12.4. The predicted octanol–water partition coefficient (Wildman–Crippen LogP) is 4.09. The van der Waals surface area contributed by atoms with E-state index in [9.17, 15) is 17.6 Å². The van der Waals surface area contributed by atoms with E-state index in [4.69, 9.17) is 5.73 Å². The Morgan fingerprint density at radius 1 is 0.944 bits per heavy atom. The fraction of sp³-hybridized carbons (Fsp3) is 0.0769. The van der Waals surface area contributed by atoms with Gasteiger partial charge in [-0.1, -0.05) is 24.3 Å². The second-order valence-electron chi connectivity index (χ2n) is 3.77. The Morgan fingerprint density at radius 2 is 1.61 bits per heavy atom. The highest BCUT2D eigenvalue weighted by atomic mass is 19.4. The maximum absolute atomic E-state index is 13.1. The summed E-state index contributed by atoms with van der Waals surface area (Å²) in [6.45, 7) is 0. The van der Waals surface area contributed by atoms with E-state index in [0.29, 0.717) is 5.56 Å². The fourth-order valence-corrected chi connectivity index (χ4v) is 1.72. The van der Waals surface area contributed by atoms with Crippen LogP contribution in [0, 0.1) is 5.82 Å². The average Bonchev–Trinajstić information content (AvgIpc) is 2.27. The lowest BCUT2D eigenvalue weighted by Gasteiger charge is -2.13. The number of anilines is 1. The number of alkyl halides is 3. The van der Waals surface area contributed by atoms with Crippen molar-refractivity contribution in [3.8, 4) is 11.1 Å². The van der Waals surface area contributed by atoms with Gasteiger partial charge in [-0.25, -0.2) is 4.39 Å². The summed E-state index contributed by atoms with van der Waals surface area (Å²) in [5, 5.41) is 0. The first-order valence-corrected chi connectivity index (χ1v) is 5.11. The summed E-state index contributed by atoms with van der Waals surface area (Å²) >= 11 is 0. The Morgan fingerprint density at radius 3 is 2.22 bits per heavy atom. The van der Waals surface area contributed by atoms with Gasteiger partial charge in [0.1, 0.15) is 5.82 Å². The molecule has 0 unspecified atom stereocenters. The minimum atomic E-state index is -4.52.